The van der Waals surface area contributed by atoms with E-state index in [9.17, 15) is 4.79 Å². The molecule has 0 spiro atoms. The van der Waals surface area contributed by atoms with Gasteiger partial charge < -0.3 is 15.4 Å². The molecule has 4 nitrogen and oxygen atoms in total. The molecule has 2 N–H and O–H groups in total. The number of nitrogens with two attached hydrogens (primary N) is 1. The van der Waals surface area contributed by atoms with Gasteiger partial charge in [0, 0.05) is 26.9 Å². The standard InChI is InChI=1S/C18H30N2O2Si/c1-14-13-16(19)5-6-17(14)15-7-9-20(10-8-15)18(21)22-11-12-23(2,3)4/h5-6,13,15H,7-12,19H2,1-4H3. The van der Waals surface area contributed by atoms with Crippen molar-refractivity contribution in [2.45, 2.75) is 51.4 Å². The summed E-state index contributed by atoms with van der Waals surface area (Å²) in [5.74, 6) is 0.515. The summed E-state index contributed by atoms with van der Waals surface area (Å²) in [7, 11) is -1.15. The highest BCUT2D eigenvalue weighted by molar-refractivity contribution is 6.76. The number of rotatable bonds is 4. The minimum Gasteiger partial charge on any atom is -0.450 e. The number of aryl methyl sites for hydroxylation is 1. The molecule has 1 heterocycles. The molecule has 1 fully saturated rings. The van der Waals surface area contributed by atoms with E-state index in [1.54, 1.807) is 0 Å². The van der Waals surface area contributed by atoms with Crippen LogP contribution in [-0.2, 0) is 4.74 Å². The van der Waals surface area contributed by atoms with Gasteiger partial charge in [0.25, 0.3) is 0 Å². The first-order valence-corrected chi connectivity index (χ1v) is 12.2. The summed E-state index contributed by atoms with van der Waals surface area (Å²) in [6, 6.07) is 7.17. The van der Waals surface area contributed by atoms with Crippen LogP contribution in [0, 0.1) is 6.92 Å². The molecule has 0 radical (unpaired) electrons. The van der Waals surface area contributed by atoms with Crippen molar-refractivity contribution in [1.82, 2.24) is 4.90 Å². The van der Waals surface area contributed by atoms with Crippen molar-refractivity contribution in [3.05, 3.63) is 29.3 Å². The van der Waals surface area contributed by atoms with E-state index in [4.69, 9.17) is 10.5 Å². The van der Waals surface area contributed by atoms with Crippen LogP contribution in [0.4, 0.5) is 10.5 Å². The van der Waals surface area contributed by atoms with Crippen LogP contribution < -0.4 is 5.73 Å². The van der Waals surface area contributed by atoms with Crippen molar-refractivity contribution >= 4 is 19.9 Å². The van der Waals surface area contributed by atoms with Crippen LogP contribution in [0.15, 0.2) is 18.2 Å². The molecule has 1 aromatic carbocycles. The molecule has 2 rings (SSSR count). The van der Waals surface area contributed by atoms with Gasteiger partial charge in [0.15, 0.2) is 0 Å². The van der Waals surface area contributed by atoms with E-state index in [1.165, 1.54) is 11.1 Å². The Kier molecular flexibility index (Phi) is 5.73. The summed E-state index contributed by atoms with van der Waals surface area (Å²) >= 11 is 0. The van der Waals surface area contributed by atoms with Crippen LogP contribution in [0.5, 0.6) is 0 Å². The second kappa shape index (κ2) is 7.38. The van der Waals surface area contributed by atoms with Gasteiger partial charge in [0.05, 0.1) is 6.61 Å². The van der Waals surface area contributed by atoms with Crippen LogP contribution in [0.1, 0.15) is 29.9 Å². The third-order valence-corrected chi connectivity index (χ3v) is 6.27. The lowest BCUT2D eigenvalue weighted by molar-refractivity contribution is 0.0968. The highest BCUT2D eigenvalue weighted by atomic mass is 28.3. The van der Waals surface area contributed by atoms with Crippen molar-refractivity contribution in [3.8, 4) is 0 Å². The van der Waals surface area contributed by atoms with E-state index in [1.807, 2.05) is 17.0 Å². The maximum absolute atomic E-state index is 12.1. The van der Waals surface area contributed by atoms with E-state index in [2.05, 4.69) is 32.6 Å². The van der Waals surface area contributed by atoms with Crippen LogP contribution >= 0.6 is 0 Å². The lowest BCUT2D eigenvalue weighted by atomic mass is 9.87. The Morgan fingerprint density at radius 1 is 1.30 bits per heavy atom. The Labute approximate surface area is 141 Å². The van der Waals surface area contributed by atoms with Gasteiger partial charge in [-0.05, 0) is 55.0 Å². The van der Waals surface area contributed by atoms with Gasteiger partial charge >= 0.3 is 6.09 Å². The molecule has 1 saturated heterocycles. The van der Waals surface area contributed by atoms with Gasteiger partial charge in [-0.15, -0.1) is 0 Å². The minimum atomic E-state index is -1.15. The highest BCUT2D eigenvalue weighted by Crippen LogP contribution is 2.31. The summed E-state index contributed by atoms with van der Waals surface area (Å²) < 4.78 is 5.44. The second-order valence-electron chi connectivity index (χ2n) is 7.80. The number of anilines is 1. The number of piperidine rings is 1. The lowest BCUT2D eigenvalue weighted by Crippen LogP contribution is -2.39. The third kappa shape index (κ3) is 5.27. The monoisotopic (exact) mass is 334 g/mol. The normalized spacial score (nSPS) is 16.4. The van der Waals surface area contributed by atoms with E-state index >= 15 is 0 Å². The first-order chi connectivity index (χ1) is 10.8. The largest absolute Gasteiger partial charge is 0.450 e. The molecule has 128 valence electrons. The van der Waals surface area contributed by atoms with Crippen LogP contribution in [0.2, 0.25) is 25.7 Å². The molecule has 0 aliphatic carbocycles. The van der Waals surface area contributed by atoms with E-state index in [0.717, 1.165) is 37.7 Å². The molecule has 1 aliphatic heterocycles. The first-order valence-electron chi connectivity index (χ1n) is 8.54. The first kappa shape index (κ1) is 17.9. The number of benzene rings is 1. The summed E-state index contributed by atoms with van der Waals surface area (Å²) in [6.45, 7) is 11.1. The average molecular weight is 335 g/mol. The van der Waals surface area contributed by atoms with Crippen LogP contribution in [0.25, 0.3) is 0 Å². The van der Waals surface area contributed by atoms with Crippen molar-refractivity contribution < 1.29 is 9.53 Å². The highest BCUT2D eigenvalue weighted by Gasteiger charge is 2.26. The number of hydrogen-bond donors (Lipinski definition) is 1. The Balaban J connectivity index is 1.82. The van der Waals surface area contributed by atoms with Gasteiger partial charge in [-0.3, -0.25) is 0 Å². The van der Waals surface area contributed by atoms with Crippen molar-refractivity contribution in [2.75, 3.05) is 25.4 Å². The number of amides is 1. The number of carbonyl (C=O) groups excluding carboxylic acids is 1. The second-order valence-corrected chi connectivity index (χ2v) is 13.4. The molecule has 0 bridgehead atoms. The molecule has 0 aromatic heterocycles. The molecule has 1 aromatic rings. The topological polar surface area (TPSA) is 55.6 Å². The zero-order chi connectivity index (χ0) is 17.0. The van der Waals surface area contributed by atoms with Crippen molar-refractivity contribution in [1.29, 1.82) is 0 Å². The van der Waals surface area contributed by atoms with Crippen LogP contribution in [-0.4, -0.2) is 38.8 Å². The summed E-state index contributed by atoms with van der Waals surface area (Å²) in [5.41, 5.74) is 9.26. The molecule has 0 saturated carbocycles. The Morgan fingerprint density at radius 3 is 2.52 bits per heavy atom. The van der Waals surface area contributed by atoms with E-state index < -0.39 is 8.07 Å². The van der Waals surface area contributed by atoms with Crippen LogP contribution in [0.3, 0.4) is 0 Å². The van der Waals surface area contributed by atoms with E-state index in [0.29, 0.717) is 12.5 Å². The number of ether oxygens (including phenoxy) is 1. The zero-order valence-corrected chi connectivity index (χ0v) is 15.9. The molecular weight excluding hydrogens is 304 g/mol. The van der Waals surface area contributed by atoms with Gasteiger partial charge in [-0.1, -0.05) is 25.7 Å². The summed E-state index contributed by atoms with van der Waals surface area (Å²) in [4.78, 5) is 14.0. The van der Waals surface area contributed by atoms with Gasteiger partial charge in [-0.2, -0.15) is 0 Å². The number of likely N-dealkylation sites (tertiary alicyclic amines) is 1. The Bertz CT molecular complexity index is 546. The Morgan fingerprint density at radius 2 is 1.96 bits per heavy atom. The molecular formula is C18H30N2O2Si. The molecule has 1 aliphatic rings. The smallest absolute Gasteiger partial charge is 0.409 e. The maximum Gasteiger partial charge on any atom is 0.409 e. The molecule has 0 unspecified atom stereocenters. The predicted octanol–water partition coefficient (Wildman–Crippen LogP) is 4.23. The van der Waals surface area contributed by atoms with E-state index in [-0.39, 0.29) is 6.09 Å². The molecule has 23 heavy (non-hydrogen) atoms. The Hall–Kier alpha value is -1.49. The molecule has 5 heteroatoms. The quantitative estimate of drug-likeness (QED) is 0.662. The SMILES string of the molecule is Cc1cc(N)ccc1C1CCN(C(=O)OCC[Si](C)(C)C)CC1. The maximum atomic E-state index is 12.1. The minimum absolute atomic E-state index is 0.143. The predicted molar refractivity (Wildman–Crippen MR) is 98.6 cm³/mol. The summed E-state index contributed by atoms with van der Waals surface area (Å²) in [6.07, 6.45) is 1.85. The molecule has 1 amide bonds. The number of nitrogen functional groups attached to an aromatic ring is 1. The summed E-state index contributed by atoms with van der Waals surface area (Å²) in [5, 5.41) is 0. The zero-order valence-electron chi connectivity index (χ0n) is 14.9. The number of hydrogen-bond acceptors (Lipinski definition) is 3. The number of nitrogens with zero attached hydrogens (tertiary/aromatic N) is 1. The fourth-order valence-electron chi connectivity index (χ4n) is 3.07. The average Bonchev–Trinajstić information content (AvgIpc) is 2.46. The van der Waals surface area contributed by atoms with Gasteiger partial charge in [-0.25, -0.2) is 4.79 Å². The van der Waals surface area contributed by atoms with Crippen molar-refractivity contribution in [3.63, 3.8) is 0 Å². The lowest BCUT2D eigenvalue weighted by Gasteiger charge is -2.32. The third-order valence-electron chi connectivity index (χ3n) is 4.56. The van der Waals surface area contributed by atoms with Gasteiger partial charge in [0.1, 0.15) is 0 Å². The van der Waals surface area contributed by atoms with Crippen molar-refractivity contribution in [2.24, 2.45) is 0 Å². The molecule has 0 atom stereocenters. The van der Waals surface area contributed by atoms with Gasteiger partial charge in [0.2, 0.25) is 0 Å². The fourth-order valence-corrected chi connectivity index (χ4v) is 3.78. The fraction of sp³-hybridized carbons (Fsp3) is 0.611. The number of carbonyl (C=O) groups is 1.